The molecule has 0 aliphatic carbocycles. The molecule has 8 heteroatoms. The molecule has 0 atom stereocenters. The van der Waals surface area contributed by atoms with Crippen LogP contribution in [0.2, 0.25) is 0 Å². The molecule has 0 aliphatic heterocycles. The standard InChI is InChI=1S/C9H18N4O4/c1-7(14)11-5-6-17-9(16)13-4-3-12-8(15)10-2/h3-6H2,1-2H3,(H,11,14)(H,13,16)(H2,10,12,15). The molecule has 0 bridgehead atoms. The predicted octanol–water partition coefficient (Wildman–Crippen LogP) is -1.22. The molecule has 0 aliphatic rings. The fourth-order valence-corrected chi connectivity index (χ4v) is 0.851. The maximum atomic E-state index is 11.0. The van der Waals surface area contributed by atoms with Crippen LogP contribution in [-0.4, -0.2) is 51.3 Å². The van der Waals surface area contributed by atoms with Crippen LogP contribution in [0.1, 0.15) is 6.92 Å². The van der Waals surface area contributed by atoms with Crippen LogP contribution in [0.5, 0.6) is 0 Å². The highest BCUT2D eigenvalue weighted by atomic mass is 16.5. The second-order valence-corrected chi connectivity index (χ2v) is 3.05. The lowest BCUT2D eigenvalue weighted by molar-refractivity contribution is -0.119. The molecule has 0 radical (unpaired) electrons. The Morgan fingerprint density at radius 1 is 1.00 bits per heavy atom. The van der Waals surface area contributed by atoms with Gasteiger partial charge >= 0.3 is 12.1 Å². The number of hydrogen-bond acceptors (Lipinski definition) is 4. The van der Waals surface area contributed by atoms with Crippen molar-refractivity contribution in [3.05, 3.63) is 0 Å². The highest BCUT2D eigenvalue weighted by Crippen LogP contribution is 1.76. The number of urea groups is 1. The Hall–Kier alpha value is -1.99. The van der Waals surface area contributed by atoms with Crippen molar-refractivity contribution in [3.63, 3.8) is 0 Å². The van der Waals surface area contributed by atoms with Gasteiger partial charge in [0, 0.05) is 27.1 Å². The van der Waals surface area contributed by atoms with Gasteiger partial charge in [0.2, 0.25) is 5.91 Å². The van der Waals surface area contributed by atoms with Gasteiger partial charge in [-0.3, -0.25) is 4.79 Å². The molecule has 0 heterocycles. The normalized spacial score (nSPS) is 9.06. The molecule has 17 heavy (non-hydrogen) atoms. The molecular weight excluding hydrogens is 228 g/mol. The third-order valence-electron chi connectivity index (χ3n) is 1.62. The van der Waals surface area contributed by atoms with Crippen LogP contribution in [0.3, 0.4) is 0 Å². The number of carbonyl (C=O) groups excluding carboxylic acids is 3. The minimum atomic E-state index is -0.589. The van der Waals surface area contributed by atoms with E-state index in [4.69, 9.17) is 4.74 Å². The molecule has 0 fully saturated rings. The Morgan fingerprint density at radius 3 is 2.24 bits per heavy atom. The molecule has 98 valence electrons. The first kappa shape index (κ1) is 15.0. The van der Waals surface area contributed by atoms with Crippen molar-refractivity contribution >= 4 is 18.0 Å². The fourth-order valence-electron chi connectivity index (χ4n) is 0.851. The number of amides is 4. The largest absolute Gasteiger partial charge is 0.448 e. The Morgan fingerprint density at radius 2 is 1.65 bits per heavy atom. The summed E-state index contributed by atoms with van der Waals surface area (Å²) in [5, 5.41) is 9.78. The van der Waals surface area contributed by atoms with E-state index in [2.05, 4.69) is 21.3 Å². The van der Waals surface area contributed by atoms with Gasteiger partial charge in [0.05, 0.1) is 6.54 Å². The van der Waals surface area contributed by atoms with Crippen molar-refractivity contribution in [1.82, 2.24) is 21.3 Å². The summed E-state index contributed by atoms with van der Waals surface area (Å²) in [6, 6.07) is -0.314. The number of nitrogens with one attached hydrogen (secondary N) is 4. The monoisotopic (exact) mass is 246 g/mol. The number of alkyl carbamates (subject to hydrolysis) is 1. The van der Waals surface area contributed by atoms with E-state index in [0.29, 0.717) is 6.54 Å². The minimum Gasteiger partial charge on any atom is -0.448 e. The summed E-state index contributed by atoms with van der Waals surface area (Å²) < 4.78 is 4.73. The summed E-state index contributed by atoms with van der Waals surface area (Å²) in [6.07, 6.45) is -0.589. The summed E-state index contributed by atoms with van der Waals surface area (Å²) >= 11 is 0. The summed E-state index contributed by atoms with van der Waals surface area (Å²) in [6.45, 7) is 2.34. The second-order valence-electron chi connectivity index (χ2n) is 3.05. The minimum absolute atomic E-state index is 0.105. The zero-order valence-electron chi connectivity index (χ0n) is 9.96. The first-order valence-corrected chi connectivity index (χ1v) is 5.17. The van der Waals surface area contributed by atoms with E-state index in [1.165, 1.54) is 14.0 Å². The maximum absolute atomic E-state index is 11.0. The molecule has 0 rings (SSSR count). The Kier molecular flexibility index (Phi) is 8.17. The van der Waals surface area contributed by atoms with Gasteiger partial charge in [-0.15, -0.1) is 0 Å². The molecular formula is C9H18N4O4. The van der Waals surface area contributed by atoms with Crippen molar-refractivity contribution < 1.29 is 19.1 Å². The zero-order valence-corrected chi connectivity index (χ0v) is 9.96. The van der Waals surface area contributed by atoms with Crippen molar-refractivity contribution in [2.45, 2.75) is 6.92 Å². The van der Waals surface area contributed by atoms with Gasteiger partial charge in [-0.05, 0) is 0 Å². The van der Waals surface area contributed by atoms with Gasteiger partial charge in [-0.25, -0.2) is 9.59 Å². The van der Waals surface area contributed by atoms with Crippen LogP contribution in [0, 0.1) is 0 Å². The van der Waals surface area contributed by atoms with Crippen LogP contribution in [-0.2, 0) is 9.53 Å². The van der Waals surface area contributed by atoms with E-state index in [1.54, 1.807) is 0 Å². The summed E-state index contributed by atoms with van der Waals surface area (Å²) in [5.41, 5.74) is 0. The average Bonchev–Trinajstić information content (AvgIpc) is 2.29. The van der Waals surface area contributed by atoms with Gasteiger partial charge in [-0.2, -0.15) is 0 Å². The molecule has 0 saturated heterocycles. The number of hydrogen-bond donors (Lipinski definition) is 4. The molecule has 0 saturated carbocycles. The third kappa shape index (κ3) is 10.3. The van der Waals surface area contributed by atoms with E-state index < -0.39 is 6.09 Å². The third-order valence-corrected chi connectivity index (χ3v) is 1.62. The predicted molar refractivity (Wildman–Crippen MR) is 60.5 cm³/mol. The lowest BCUT2D eigenvalue weighted by atomic mass is 10.6. The quantitative estimate of drug-likeness (QED) is 0.440. The zero-order chi connectivity index (χ0) is 13.1. The average molecular weight is 246 g/mol. The van der Waals surface area contributed by atoms with Gasteiger partial charge in [0.15, 0.2) is 0 Å². The van der Waals surface area contributed by atoms with E-state index in [9.17, 15) is 14.4 Å². The van der Waals surface area contributed by atoms with E-state index in [0.717, 1.165) is 0 Å². The van der Waals surface area contributed by atoms with Crippen molar-refractivity contribution in [1.29, 1.82) is 0 Å². The number of carbonyl (C=O) groups is 3. The lowest BCUT2D eigenvalue weighted by Crippen LogP contribution is -2.39. The Labute approximate surface area is 99.5 Å². The van der Waals surface area contributed by atoms with Gasteiger partial charge in [0.1, 0.15) is 6.61 Å². The SMILES string of the molecule is CNC(=O)NCCNC(=O)OCCNC(C)=O. The van der Waals surface area contributed by atoms with Crippen LogP contribution < -0.4 is 21.3 Å². The molecule has 0 aromatic rings. The van der Waals surface area contributed by atoms with Crippen LogP contribution in [0.4, 0.5) is 9.59 Å². The van der Waals surface area contributed by atoms with Gasteiger partial charge < -0.3 is 26.0 Å². The topological polar surface area (TPSA) is 109 Å². The highest BCUT2D eigenvalue weighted by Gasteiger charge is 2.01. The lowest BCUT2D eigenvalue weighted by Gasteiger charge is -2.07. The molecule has 0 aromatic carbocycles. The molecule has 4 amide bonds. The Bertz CT molecular complexity index is 270. The van der Waals surface area contributed by atoms with Crippen LogP contribution in [0.15, 0.2) is 0 Å². The smallest absolute Gasteiger partial charge is 0.407 e. The maximum Gasteiger partial charge on any atom is 0.407 e. The van der Waals surface area contributed by atoms with Crippen LogP contribution >= 0.6 is 0 Å². The number of ether oxygens (including phenoxy) is 1. The first-order valence-electron chi connectivity index (χ1n) is 5.17. The fraction of sp³-hybridized carbons (Fsp3) is 0.667. The second kappa shape index (κ2) is 9.25. The van der Waals surface area contributed by atoms with E-state index in [1.807, 2.05) is 0 Å². The van der Waals surface area contributed by atoms with Gasteiger partial charge in [-0.1, -0.05) is 0 Å². The van der Waals surface area contributed by atoms with Crippen molar-refractivity contribution in [3.8, 4) is 0 Å². The van der Waals surface area contributed by atoms with E-state index in [-0.39, 0.29) is 31.6 Å². The molecule has 0 spiro atoms. The first-order chi connectivity index (χ1) is 8.06. The number of rotatable bonds is 6. The van der Waals surface area contributed by atoms with Crippen molar-refractivity contribution in [2.75, 3.05) is 33.3 Å². The van der Waals surface area contributed by atoms with Crippen LogP contribution in [0.25, 0.3) is 0 Å². The summed E-state index contributed by atoms with van der Waals surface area (Å²) in [7, 11) is 1.50. The molecule has 4 N–H and O–H groups in total. The van der Waals surface area contributed by atoms with E-state index >= 15 is 0 Å². The summed E-state index contributed by atoms with van der Waals surface area (Å²) in [4.78, 5) is 32.2. The molecule has 8 nitrogen and oxygen atoms in total. The Balaban J connectivity index is 3.35. The summed E-state index contributed by atoms with van der Waals surface area (Å²) in [5.74, 6) is -0.177. The van der Waals surface area contributed by atoms with Crippen molar-refractivity contribution in [2.24, 2.45) is 0 Å². The molecule has 0 aromatic heterocycles. The van der Waals surface area contributed by atoms with Gasteiger partial charge in [0.25, 0.3) is 0 Å². The highest BCUT2D eigenvalue weighted by molar-refractivity contribution is 5.73. The molecule has 0 unspecified atom stereocenters.